The Bertz CT molecular complexity index is 548. The monoisotopic (exact) mass is 331 g/mol. The minimum absolute atomic E-state index is 0.00341. The third-order valence-corrected chi connectivity index (χ3v) is 4.48. The molecule has 2 rings (SSSR count). The number of benzene rings is 1. The van der Waals surface area contributed by atoms with Gasteiger partial charge in [-0.15, -0.1) is 0 Å². The van der Waals surface area contributed by atoms with E-state index in [9.17, 15) is 9.59 Å². The molecule has 5 nitrogen and oxygen atoms in total. The van der Waals surface area contributed by atoms with Crippen LogP contribution in [0.15, 0.2) is 24.3 Å². The van der Waals surface area contributed by atoms with Crippen molar-refractivity contribution >= 4 is 23.2 Å². The Hall–Kier alpha value is -2.04. The van der Waals surface area contributed by atoms with Crippen molar-refractivity contribution in [2.75, 3.05) is 29.9 Å². The number of amides is 2. The summed E-state index contributed by atoms with van der Waals surface area (Å²) in [6.07, 6.45) is 4.13. The van der Waals surface area contributed by atoms with Crippen LogP contribution < -0.4 is 10.2 Å². The van der Waals surface area contributed by atoms with E-state index in [4.69, 9.17) is 0 Å². The molecule has 132 valence electrons. The molecule has 5 heteroatoms. The first-order chi connectivity index (χ1) is 11.5. The lowest BCUT2D eigenvalue weighted by atomic mass is 10.1. The van der Waals surface area contributed by atoms with Crippen LogP contribution in [0.2, 0.25) is 0 Å². The van der Waals surface area contributed by atoms with Crippen LogP contribution in [0.4, 0.5) is 11.4 Å². The number of nitrogens with zero attached hydrogens (tertiary/aromatic N) is 2. The van der Waals surface area contributed by atoms with Gasteiger partial charge in [0, 0.05) is 50.4 Å². The molecule has 24 heavy (non-hydrogen) atoms. The first-order valence-corrected chi connectivity index (χ1v) is 8.89. The molecule has 1 N–H and O–H groups in total. The molecule has 0 aliphatic carbocycles. The predicted molar refractivity (Wildman–Crippen MR) is 98.3 cm³/mol. The zero-order valence-electron chi connectivity index (χ0n) is 15.0. The van der Waals surface area contributed by atoms with Gasteiger partial charge in [0.2, 0.25) is 11.8 Å². The maximum Gasteiger partial charge on any atom is 0.226 e. The smallest absolute Gasteiger partial charge is 0.226 e. The van der Waals surface area contributed by atoms with Gasteiger partial charge in [0.25, 0.3) is 0 Å². The van der Waals surface area contributed by atoms with Crippen molar-refractivity contribution in [1.29, 1.82) is 0 Å². The number of nitrogens with one attached hydrogen (secondary N) is 1. The largest absolute Gasteiger partial charge is 0.372 e. The molecular formula is C19H29N3O2. The Morgan fingerprint density at radius 1 is 1.12 bits per heavy atom. The molecule has 0 saturated carbocycles. The quantitative estimate of drug-likeness (QED) is 0.870. The first-order valence-electron chi connectivity index (χ1n) is 8.89. The van der Waals surface area contributed by atoms with E-state index in [1.807, 2.05) is 26.0 Å². The minimum atomic E-state index is -0.0624. The van der Waals surface area contributed by atoms with E-state index in [0.717, 1.165) is 18.8 Å². The van der Waals surface area contributed by atoms with E-state index in [-0.39, 0.29) is 17.9 Å². The minimum Gasteiger partial charge on any atom is -0.372 e. The molecule has 1 aliphatic heterocycles. The fourth-order valence-electron chi connectivity index (χ4n) is 3.13. The first kappa shape index (κ1) is 18.3. The fraction of sp³-hybridized carbons (Fsp3) is 0.579. The zero-order chi connectivity index (χ0) is 17.5. The molecule has 0 atom stereocenters. The number of hydrogen-bond donors (Lipinski definition) is 1. The maximum absolute atomic E-state index is 12.1. The highest BCUT2D eigenvalue weighted by molar-refractivity contribution is 5.91. The molecule has 1 aromatic rings. The van der Waals surface area contributed by atoms with E-state index in [2.05, 4.69) is 22.3 Å². The molecular weight excluding hydrogens is 302 g/mol. The van der Waals surface area contributed by atoms with Crippen molar-refractivity contribution in [3.8, 4) is 0 Å². The third kappa shape index (κ3) is 5.25. The highest BCUT2D eigenvalue weighted by Gasteiger charge is 2.14. The van der Waals surface area contributed by atoms with Crippen molar-refractivity contribution < 1.29 is 9.59 Å². The molecule has 1 aromatic carbocycles. The molecule has 1 aliphatic rings. The maximum atomic E-state index is 12.1. The summed E-state index contributed by atoms with van der Waals surface area (Å²) >= 11 is 0. The molecule has 0 radical (unpaired) electrons. The lowest BCUT2D eigenvalue weighted by Gasteiger charge is -2.28. The van der Waals surface area contributed by atoms with Crippen LogP contribution in [0.3, 0.4) is 0 Å². The summed E-state index contributed by atoms with van der Waals surface area (Å²) in [6, 6.07) is 8.15. The molecule has 1 saturated heterocycles. The number of carbonyl (C=O) groups is 2. The van der Waals surface area contributed by atoms with Gasteiger partial charge in [0.05, 0.1) is 0 Å². The Balaban J connectivity index is 1.84. The highest BCUT2D eigenvalue weighted by Crippen LogP contribution is 2.21. The predicted octanol–water partition coefficient (Wildman–Crippen LogP) is 3.26. The van der Waals surface area contributed by atoms with Crippen LogP contribution in [-0.2, 0) is 9.59 Å². The van der Waals surface area contributed by atoms with Crippen molar-refractivity contribution in [3.63, 3.8) is 0 Å². The van der Waals surface area contributed by atoms with Crippen LogP contribution in [0.1, 0.15) is 46.5 Å². The number of hydrogen-bond acceptors (Lipinski definition) is 3. The summed E-state index contributed by atoms with van der Waals surface area (Å²) in [6.45, 7) is 8.13. The van der Waals surface area contributed by atoms with Gasteiger partial charge in [0.1, 0.15) is 0 Å². The van der Waals surface area contributed by atoms with Crippen molar-refractivity contribution in [2.45, 2.75) is 52.5 Å². The van der Waals surface area contributed by atoms with E-state index in [1.54, 1.807) is 4.90 Å². The molecule has 0 unspecified atom stereocenters. The highest BCUT2D eigenvalue weighted by atomic mass is 16.2. The molecule has 1 heterocycles. The standard InChI is InChI=1S/C19H29N3O2/c1-15(2)22(16(3)23)14-11-19(24)20-17-7-9-18(10-8-17)21-12-5-4-6-13-21/h7-10,15H,4-6,11-14H2,1-3H3,(H,20,24). The molecule has 1 fully saturated rings. The SMILES string of the molecule is CC(=O)N(CCC(=O)Nc1ccc(N2CCCCC2)cc1)C(C)C. The van der Waals surface area contributed by atoms with Gasteiger partial charge >= 0.3 is 0 Å². The van der Waals surface area contributed by atoms with Crippen LogP contribution in [0, 0.1) is 0 Å². The Kier molecular flexibility index (Phi) is 6.64. The molecule has 0 aromatic heterocycles. The van der Waals surface area contributed by atoms with Gasteiger partial charge in [-0.25, -0.2) is 0 Å². The molecule has 2 amide bonds. The summed E-state index contributed by atoms with van der Waals surface area (Å²) in [5.74, 6) is -0.0590. The average Bonchev–Trinajstić information content (AvgIpc) is 2.56. The van der Waals surface area contributed by atoms with Crippen LogP contribution in [-0.4, -0.2) is 42.4 Å². The number of carbonyl (C=O) groups excluding carboxylic acids is 2. The Labute approximate surface area is 145 Å². The van der Waals surface area contributed by atoms with Gasteiger partial charge in [-0.05, 0) is 57.4 Å². The average molecular weight is 331 g/mol. The summed E-state index contributed by atoms with van der Waals surface area (Å²) in [5.41, 5.74) is 2.02. The number of rotatable bonds is 6. The second kappa shape index (κ2) is 8.71. The molecule has 0 bridgehead atoms. The van der Waals surface area contributed by atoms with Crippen LogP contribution in [0.5, 0.6) is 0 Å². The van der Waals surface area contributed by atoms with Gasteiger partial charge in [-0.2, -0.15) is 0 Å². The Morgan fingerprint density at radius 3 is 2.29 bits per heavy atom. The number of anilines is 2. The second-order valence-corrected chi connectivity index (χ2v) is 6.70. The van der Waals surface area contributed by atoms with Gasteiger partial charge in [-0.1, -0.05) is 0 Å². The third-order valence-electron chi connectivity index (χ3n) is 4.48. The van der Waals surface area contributed by atoms with E-state index in [1.165, 1.54) is 31.9 Å². The van der Waals surface area contributed by atoms with Gasteiger partial charge in [0.15, 0.2) is 0 Å². The van der Waals surface area contributed by atoms with E-state index >= 15 is 0 Å². The lowest BCUT2D eigenvalue weighted by molar-refractivity contribution is -0.130. The van der Waals surface area contributed by atoms with Crippen LogP contribution in [0.25, 0.3) is 0 Å². The Morgan fingerprint density at radius 2 is 1.75 bits per heavy atom. The summed E-state index contributed by atoms with van der Waals surface area (Å²) in [5, 5.41) is 2.91. The lowest BCUT2D eigenvalue weighted by Crippen LogP contribution is -2.37. The van der Waals surface area contributed by atoms with Crippen molar-refractivity contribution in [1.82, 2.24) is 4.90 Å². The van der Waals surface area contributed by atoms with E-state index in [0.29, 0.717) is 13.0 Å². The van der Waals surface area contributed by atoms with Gasteiger partial charge in [-0.3, -0.25) is 9.59 Å². The molecule has 0 spiro atoms. The van der Waals surface area contributed by atoms with Crippen molar-refractivity contribution in [3.05, 3.63) is 24.3 Å². The normalized spacial score (nSPS) is 14.6. The summed E-state index contributed by atoms with van der Waals surface area (Å²) < 4.78 is 0. The van der Waals surface area contributed by atoms with Crippen LogP contribution >= 0.6 is 0 Å². The number of piperidine rings is 1. The van der Waals surface area contributed by atoms with Gasteiger partial charge < -0.3 is 15.1 Å². The van der Waals surface area contributed by atoms with E-state index < -0.39 is 0 Å². The fourth-order valence-corrected chi connectivity index (χ4v) is 3.13. The summed E-state index contributed by atoms with van der Waals surface area (Å²) in [7, 11) is 0. The zero-order valence-corrected chi connectivity index (χ0v) is 15.0. The van der Waals surface area contributed by atoms with Crippen molar-refractivity contribution in [2.24, 2.45) is 0 Å². The summed E-state index contributed by atoms with van der Waals surface area (Å²) in [4.78, 5) is 27.7. The second-order valence-electron chi connectivity index (χ2n) is 6.70. The topological polar surface area (TPSA) is 52.7 Å².